The number of nitrogens with zero attached hydrogens (tertiary/aromatic N) is 1. The molecule has 2 rings (SSSR count). The van der Waals surface area contributed by atoms with E-state index in [1.54, 1.807) is 18.2 Å². The molecule has 0 aromatic heterocycles. The number of rotatable bonds is 4. The van der Waals surface area contributed by atoms with E-state index in [-0.39, 0.29) is 16.0 Å². The van der Waals surface area contributed by atoms with E-state index in [1.165, 1.54) is 6.07 Å². The van der Waals surface area contributed by atoms with Crippen molar-refractivity contribution in [3.63, 3.8) is 0 Å². The summed E-state index contributed by atoms with van der Waals surface area (Å²) in [4.78, 5) is 10.6. The van der Waals surface area contributed by atoms with Crippen molar-refractivity contribution in [2.24, 2.45) is 0 Å². The number of benzene rings is 2. The van der Waals surface area contributed by atoms with Gasteiger partial charge in [0.2, 0.25) is 0 Å². The summed E-state index contributed by atoms with van der Waals surface area (Å²) in [5.74, 6) is 0. The summed E-state index contributed by atoms with van der Waals surface area (Å²) in [5, 5.41) is 10.7. The largest absolute Gasteiger partial charge is 0.272 e. The lowest BCUT2D eigenvalue weighted by atomic mass is 10.0. The predicted molar refractivity (Wildman–Crippen MR) is 84.3 cm³/mol. The minimum absolute atomic E-state index is 0.116. The molecule has 2 aromatic carbocycles. The smallest absolute Gasteiger partial charge is 0.258 e. The zero-order valence-electron chi connectivity index (χ0n) is 10.8. The van der Waals surface area contributed by atoms with Crippen LogP contribution in [0, 0.1) is 17.0 Å². The third-order valence-corrected chi connectivity index (χ3v) is 3.88. The Kier molecular flexibility index (Phi) is 4.78. The molecule has 0 aliphatic heterocycles. The van der Waals surface area contributed by atoms with E-state index >= 15 is 0 Å². The van der Waals surface area contributed by atoms with Crippen LogP contribution >= 0.6 is 27.5 Å². The molecule has 0 radical (unpaired) electrons. The van der Waals surface area contributed by atoms with Crippen LogP contribution in [0.15, 0.2) is 46.9 Å². The molecule has 0 spiro atoms. The fourth-order valence-corrected chi connectivity index (χ4v) is 3.04. The summed E-state index contributed by atoms with van der Waals surface area (Å²) in [7, 11) is 0. The lowest BCUT2D eigenvalue weighted by Gasteiger charge is -2.12. The number of nitro benzene ring substituents is 1. The molecule has 1 unspecified atom stereocenters. The summed E-state index contributed by atoms with van der Waals surface area (Å²) in [5.41, 5.74) is 2.82. The minimum Gasteiger partial charge on any atom is -0.258 e. The van der Waals surface area contributed by atoms with Gasteiger partial charge in [0.1, 0.15) is 0 Å². The number of hydrogen-bond acceptors (Lipinski definition) is 2. The summed E-state index contributed by atoms with van der Waals surface area (Å²) in [6, 6.07) is 12.6. The zero-order valence-corrected chi connectivity index (χ0v) is 13.2. The highest BCUT2D eigenvalue weighted by Crippen LogP contribution is 2.31. The van der Waals surface area contributed by atoms with Crippen LogP contribution in [0.1, 0.15) is 22.1 Å². The van der Waals surface area contributed by atoms with Crippen LogP contribution < -0.4 is 0 Å². The molecular weight excluding hydrogens is 342 g/mol. The molecule has 0 heterocycles. The fourth-order valence-electron chi connectivity index (χ4n) is 2.12. The number of hydrogen-bond donors (Lipinski definition) is 0. The molecule has 2 aromatic rings. The number of aryl methyl sites for hydroxylation is 1. The molecular formula is C15H13BrClNO2. The van der Waals surface area contributed by atoms with E-state index in [1.807, 2.05) is 25.1 Å². The average Bonchev–Trinajstić information content (AvgIpc) is 2.37. The van der Waals surface area contributed by atoms with Gasteiger partial charge in [0.05, 0.1) is 10.3 Å². The van der Waals surface area contributed by atoms with Gasteiger partial charge in [-0.2, -0.15) is 0 Å². The Morgan fingerprint density at radius 2 is 2.00 bits per heavy atom. The van der Waals surface area contributed by atoms with Crippen LogP contribution in [-0.2, 0) is 6.42 Å². The maximum absolute atomic E-state index is 11.0. The standard InChI is InChI=1S/C15H13BrClNO2/c1-10-6-12(8-13(16)7-10)14(17)9-11-4-2-3-5-15(11)18(19)20/h2-8,14H,9H2,1H3. The summed E-state index contributed by atoms with van der Waals surface area (Å²) in [6.45, 7) is 1.99. The Balaban J connectivity index is 2.28. The molecule has 0 fully saturated rings. The molecule has 20 heavy (non-hydrogen) atoms. The first-order valence-corrected chi connectivity index (χ1v) is 7.34. The van der Waals surface area contributed by atoms with Gasteiger partial charge < -0.3 is 0 Å². The quantitative estimate of drug-likeness (QED) is 0.431. The van der Waals surface area contributed by atoms with E-state index in [0.29, 0.717) is 12.0 Å². The van der Waals surface area contributed by atoms with Crippen LogP contribution in [0.5, 0.6) is 0 Å². The van der Waals surface area contributed by atoms with Gasteiger partial charge in [-0.25, -0.2) is 0 Å². The van der Waals surface area contributed by atoms with Crippen LogP contribution in [0.3, 0.4) is 0 Å². The van der Waals surface area contributed by atoms with Gasteiger partial charge >= 0.3 is 0 Å². The maximum atomic E-state index is 11.0. The van der Waals surface area contributed by atoms with Crippen LogP contribution in [0.2, 0.25) is 0 Å². The Hall–Kier alpha value is -1.39. The first-order valence-electron chi connectivity index (χ1n) is 6.11. The Morgan fingerprint density at radius 3 is 2.65 bits per heavy atom. The van der Waals surface area contributed by atoms with Gasteiger partial charge in [-0.3, -0.25) is 10.1 Å². The molecule has 3 nitrogen and oxygen atoms in total. The van der Waals surface area contributed by atoms with Gasteiger partial charge in [-0.05, 0) is 36.6 Å². The lowest BCUT2D eigenvalue weighted by molar-refractivity contribution is -0.385. The second-order valence-corrected chi connectivity index (χ2v) is 6.06. The lowest BCUT2D eigenvalue weighted by Crippen LogP contribution is -2.00. The zero-order chi connectivity index (χ0) is 14.7. The normalized spacial score (nSPS) is 12.2. The van der Waals surface area contributed by atoms with Crippen LogP contribution in [-0.4, -0.2) is 4.92 Å². The van der Waals surface area contributed by atoms with Crippen molar-refractivity contribution in [1.29, 1.82) is 0 Å². The van der Waals surface area contributed by atoms with Crippen molar-refractivity contribution in [3.8, 4) is 0 Å². The molecule has 0 saturated heterocycles. The fraction of sp³-hybridized carbons (Fsp3) is 0.200. The van der Waals surface area contributed by atoms with Crippen LogP contribution in [0.4, 0.5) is 5.69 Å². The third kappa shape index (κ3) is 3.58. The van der Waals surface area contributed by atoms with Gasteiger partial charge in [0.15, 0.2) is 0 Å². The second-order valence-electron chi connectivity index (χ2n) is 4.62. The third-order valence-electron chi connectivity index (χ3n) is 3.01. The SMILES string of the molecule is Cc1cc(Br)cc(C(Cl)Cc2ccccc2[N+](=O)[O-])c1. The molecule has 0 saturated carbocycles. The average molecular weight is 355 g/mol. The number of para-hydroxylation sites is 1. The number of halogens is 2. The molecule has 1 atom stereocenters. The Labute approximate surface area is 130 Å². The topological polar surface area (TPSA) is 43.1 Å². The summed E-state index contributed by atoms with van der Waals surface area (Å²) < 4.78 is 0.959. The van der Waals surface area contributed by atoms with E-state index < -0.39 is 0 Å². The van der Waals surface area contributed by atoms with Crippen molar-refractivity contribution in [1.82, 2.24) is 0 Å². The highest BCUT2D eigenvalue weighted by molar-refractivity contribution is 9.10. The van der Waals surface area contributed by atoms with Gasteiger partial charge in [0.25, 0.3) is 5.69 Å². The molecule has 0 amide bonds. The predicted octanol–water partition coefficient (Wildman–Crippen LogP) is 5.19. The molecule has 104 valence electrons. The van der Waals surface area contributed by atoms with Crippen molar-refractivity contribution >= 4 is 33.2 Å². The monoisotopic (exact) mass is 353 g/mol. The van der Waals surface area contributed by atoms with E-state index in [2.05, 4.69) is 15.9 Å². The van der Waals surface area contributed by atoms with Crippen molar-refractivity contribution in [2.45, 2.75) is 18.7 Å². The first-order chi connectivity index (χ1) is 9.47. The van der Waals surface area contributed by atoms with E-state index in [9.17, 15) is 10.1 Å². The van der Waals surface area contributed by atoms with Crippen LogP contribution in [0.25, 0.3) is 0 Å². The van der Waals surface area contributed by atoms with Crippen molar-refractivity contribution in [3.05, 3.63) is 73.7 Å². The first kappa shape index (κ1) is 15.0. The maximum Gasteiger partial charge on any atom is 0.272 e. The molecule has 0 bridgehead atoms. The summed E-state index contributed by atoms with van der Waals surface area (Å²) in [6.07, 6.45) is 0.425. The van der Waals surface area contributed by atoms with Gasteiger partial charge in [0, 0.05) is 16.1 Å². The highest BCUT2D eigenvalue weighted by atomic mass is 79.9. The summed E-state index contributed by atoms with van der Waals surface area (Å²) >= 11 is 9.86. The van der Waals surface area contributed by atoms with E-state index in [4.69, 9.17) is 11.6 Å². The minimum atomic E-state index is -0.370. The Morgan fingerprint density at radius 1 is 1.30 bits per heavy atom. The second kappa shape index (κ2) is 6.37. The van der Waals surface area contributed by atoms with Crippen molar-refractivity contribution < 1.29 is 4.92 Å². The molecule has 0 N–H and O–H groups in total. The van der Waals surface area contributed by atoms with E-state index in [0.717, 1.165) is 15.6 Å². The number of alkyl halides is 1. The molecule has 0 aliphatic rings. The van der Waals surface area contributed by atoms with Gasteiger partial charge in [-0.15, -0.1) is 11.6 Å². The van der Waals surface area contributed by atoms with Gasteiger partial charge in [-0.1, -0.05) is 40.2 Å². The molecule has 5 heteroatoms. The molecule has 0 aliphatic carbocycles. The van der Waals surface area contributed by atoms with Crippen molar-refractivity contribution in [2.75, 3.05) is 0 Å². The number of nitro groups is 1. The highest BCUT2D eigenvalue weighted by Gasteiger charge is 2.17. The Bertz CT molecular complexity index is 625.